The molecular formula is C18H35ClN4O3. The van der Waals surface area contributed by atoms with E-state index in [0.29, 0.717) is 64.4 Å². The van der Waals surface area contributed by atoms with E-state index >= 15 is 0 Å². The molecule has 0 aliphatic carbocycles. The fraction of sp³-hybridized carbons (Fsp3) is 0.833. The van der Waals surface area contributed by atoms with Crippen LogP contribution in [0, 0.1) is 5.92 Å². The number of carbonyl (C=O) groups excluding carboxylic acids is 3. The fourth-order valence-corrected chi connectivity index (χ4v) is 2.87. The van der Waals surface area contributed by atoms with Gasteiger partial charge in [0.2, 0.25) is 17.7 Å². The van der Waals surface area contributed by atoms with Gasteiger partial charge in [0.25, 0.3) is 0 Å². The minimum Gasteiger partial charge on any atom is -0.356 e. The number of nitrogens with zero attached hydrogens (tertiary/aromatic N) is 2. The van der Waals surface area contributed by atoms with Crippen LogP contribution in [0.5, 0.6) is 0 Å². The molecule has 1 fully saturated rings. The first-order valence-electron chi connectivity index (χ1n) is 9.46. The first-order valence-corrected chi connectivity index (χ1v) is 9.46. The molecule has 0 saturated carbocycles. The quantitative estimate of drug-likeness (QED) is 0.547. The van der Waals surface area contributed by atoms with Crippen LogP contribution in [0.2, 0.25) is 0 Å². The van der Waals surface area contributed by atoms with Crippen molar-refractivity contribution in [3.8, 4) is 0 Å². The van der Waals surface area contributed by atoms with E-state index in [1.54, 1.807) is 0 Å². The highest BCUT2D eigenvalue weighted by atomic mass is 35.5. The average molecular weight is 391 g/mol. The number of rotatable bonds is 10. The number of amides is 3. The Morgan fingerprint density at radius 1 is 0.923 bits per heavy atom. The van der Waals surface area contributed by atoms with Crippen LogP contribution in [0.25, 0.3) is 0 Å². The van der Waals surface area contributed by atoms with Gasteiger partial charge in [0.15, 0.2) is 0 Å². The fourth-order valence-electron chi connectivity index (χ4n) is 2.87. The Hall–Kier alpha value is -1.34. The minimum absolute atomic E-state index is 0. The van der Waals surface area contributed by atoms with Gasteiger partial charge in [-0.1, -0.05) is 20.3 Å². The molecule has 0 aromatic heterocycles. The number of unbranched alkanes of at least 4 members (excludes halogenated alkanes) is 2. The van der Waals surface area contributed by atoms with Crippen molar-refractivity contribution in [2.45, 2.75) is 52.4 Å². The number of hydrogen-bond donors (Lipinski definition) is 2. The van der Waals surface area contributed by atoms with Gasteiger partial charge in [-0.2, -0.15) is 0 Å². The molecule has 3 N–H and O–H groups in total. The van der Waals surface area contributed by atoms with E-state index in [4.69, 9.17) is 5.73 Å². The van der Waals surface area contributed by atoms with Crippen LogP contribution in [0.3, 0.4) is 0 Å². The first kappa shape index (κ1) is 24.7. The third kappa shape index (κ3) is 9.97. The second kappa shape index (κ2) is 13.8. The Balaban J connectivity index is 0.00000625. The molecule has 7 nitrogen and oxygen atoms in total. The summed E-state index contributed by atoms with van der Waals surface area (Å²) in [5.41, 5.74) is 5.31. The molecule has 0 aromatic rings. The Labute approximate surface area is 163 Å². The Bertz CT molecular complexity index is 438. The largest absolute Gasteiger partial charge is 0.356 e. The SMILES string of the molecule is CC(C)CC(=O)N1CCN(C(=O)CCCCCNC(=O)CCN)CC1.Cl. The Morgan fingerprint density at radius 2 is 1.50 bits per heavy atom. The molecule has 1 rings (SSSR count). The van der Waals surface area contributed by atoms with Crippen molar-refractivity contribution in [3.05, 3.63) is 0 Å². The van der Waals surface area contributed by atoms with Gasteiger partial charge in [-0.15, -0.1) is 12.4 Å². The van der Waals surface area contributed by atoms with Crippen LogP contribution >= 0.6 is 12.4 Å². The maximum absolute atomic E-state index is 12.2. The molecule has 0 radical (unpaired) electrons. The Morgan fingerprint density at radius 3 is 2.04 bits per heavy atom. The van der Waals surface area contributed by atoms with Gasteiger partial charge in [0.1, 0.15) is 0 Å². The summed E-state index contributed by atoms with van der Waals surface area (Å²) in [7, 11) is 0. The number of halogens is 1. The number of nitrogens with two attached hydrogens (primary N) is 1. The monoisotopic (exact) mass is 390 g/mol. The first-order chi connectivity index (χ1) is 11.9. The maximum atomic E-state index is 12.2. The van der Waals surface area contributed by atoms with Crippen LogP contribution in [0.1, 0.15) is 52.4 Å². The van der Waals surface area contributed by atoms with E-state index in [1.807, 2.05) is 23.6 Å². The maximum Gasteiger partial charge on any atom is 0.222 e. The molecule has 0 spiro atoms. The van der Waals surface area contributed by atoms with Crippen LogP contribution in [0.15, 0.2) is 0 Å². The molecule has 0 atom stereocenters. The molecule has 1 heterocycles. The zero-order valence-corrected chi connectivity index (χ0v) is 17.0. The van der Waals surface area contributed by atoms with E-state index in [-0.39, 0.29) is 30.1 Å². The van der Waals surface area contributed by atoms with Crippen LogP contribution in [-0.2, 0) is 14.4 Å². The molecule has 0 aromatic carbocycles. The van der Waals surface area contributed by atoms with Crippen molar-refractivity contribution in [1.82, 2.24) is 15.1 Å². The minimum atomic E-state index is -0.0107. The van der Waals surface area contributed by atoms with Crippen molar-refractivity contribution in [2.24, 2.45) is 11.7 Å². The van der Waals surface area contributed by atoms with E-state index in [9.17, 15) is 14.4 Å². The number of carbonyl (C=O) groups is 3. The van der Waals surface area contributed by atoms with Gasteiger partial charge in [0, 0.05) is 58.5 Å². The standard InChI is InChI=1S/C18H34N4O3.ClH/c1-15(2)14-18(25)22-12-10-21(11-13-22)17(24)6-4-3-5-9-20-16(23)7-8-19;/h15H,3-14,19H2,1-2H3,(H,20,23);1H. The van der Waals surface area contributed by atoms with Crippen LogP contribution in [0.4, 0.5) is 0 Å². The highest BCUT2D eigenvalue weighted by Crippen LogP contribution is 2.10. The summed E-state index contributed by atoms with van der Waals surface area (Å²) in [6.07, 6.45) is 4.11. The zero-order chi connectivity index (χ0) is 18.7. The van der Waals surface area contributed by atoms with Crippen molar-refractivity contribution in [1.29, 1.82) is 0 Å². The molecule has 0 unspecified atom stereocenters. The van der Waals surface area contributed by atoms with Gasteiger partial charge in [0.05, 0.1) is 0 Å². The lowest BCUT2D eigenvalue weighted by molar-refractivity contribution is -0.140. The van der Waals surface area contributed by atoms with Crippen LogP contribution in [-0.4, -0.2) is 66.8 Å². The molecule has 152 valence electrons. The van der Waals surface area contributed by atoms with Crippen LogP contribution < -0.4 is 11.1 Å². The van der Waals surface area contributed by atoms with Crippen molar-refractivity contribution < 1.29 is 14.4 Å². The van der Waals surface area contributed by atoms with Crippen molar-refractivity contribution >= 4 is 30.1 Å². The summed E-state index contributed by atoms with van der Waals surface area (Å²) >= 11 is 0. The smallest absolute Gasteiger partial charge is 0.222 e. The van der Waals surface area contributed by atoms with E-state index in [0.717, 1.165) is 19.3 Å². The summed E-state index contributed by atoms with van der Waals surface area (Å²) in [4.78, 5) is 39.2. The topological polar surface area (TPSA) is 95.7 Å². The normalized spacial score (nSPS) is 14.2. The number of nitrogens with one attached hydrogen (secondary N) is 1. The van der Waals surface area contributed by atoms with Gasteiger partial charge in [-0.3, -0.25) is 14.4 Å². The summed E-state index contributed by atoms with van der Waals surface area (Å²) in [6, 6.07) is 0. The summed E-state index contributed by atoms with van der Waals surface area (Å²) < 4.78 is 0. The molecule has 3 amide bonds. The number of hydrogen-bond acceptors (Lipinski definition) is 4. The summed E-state index contributed by atoms with van der Waals surface area (Å²) in [6.45, 7) is 7.66. The third-order valence-electron chi connectivity index (χ3n) is 4.33. The predicted octanol–water partition coefficient (Wildman–Crippen LogP) is 1.15. The average Bonchev–Trinajstić information content (AvgIpc) is 2.57. The molecule has 1 aliphatic heterocycles. The predicted molar refractivity (Wildman–Crippen MR) is 105 cm³/mol. The van der Waals surface area contributed by atoms with Gasteiger partial charge >= 0.3 is 0 Å². The lowest BCUT2D eigenvalue weighted by Crippen LogP contribution is -2.50. The van der Waals surface area contributed by atoms with E-state index < -0.39 is 0 Å². The molecular weight excluding hydrogens is 356 g/mol. The molecule has 8 heteroatoms. The Kier molecular flexibility index (Phi) is 13.1. The van der Waals surface area contributed by atoms with Gasteiger partial charge in [-0.25, -0.2) is 0 Å². The number of piperazine rings is 1. The molecule has 0 bridgehead atoms. The second-order valence-electron chi connectivity index (χ2n) is 7.06. The van der Waals surface area contributed by atoms with Gasteiger partial charge in [-0.05, 0) is 18.8 Å². The van der Waals surface area contributed by atoms with E-state index in [2.05, 4.69) is 5.32 Å². The molecule has 1 saturated heterocycles. The molecule has 26 heavy (non-hydrogen) atoms. The van der Waals surface area contributed by atoms with Gasteiger partial charge < -0.3 is 20.9 Å². The van der Waals surface area contributed by atoms with Crippen molar-refractivity contribution in [2.75, 3.05) is 39.3 Å². The van der Waals surface area contributed by atoms with E-state index in [1.165, 1.54) is 0 Å². The zero-order valence-electron chi connectivity index (χ0n) is 16.2. The highest BCUT2D eigenvalue weighted by Gasteiger charge is 2.23. The van der Waals surface area contributed by atoms with Crippen molar-refractivity contribution in [3.63, 3.8) is 0 Å². The summed E-state index contributed by atoms with van der Waals surface area (Å²) in [5.74, 6) is 0.720. The summed E-state index contributed by atoms with van der Waals surface area (Å²) in [5, 5.41) is 2.81. The molecule has 1 aliphatic rings. The third-order valence-corrected chi connectivity index (χ3v) is 4.33. The lowest BCUT2D eigenvalue weighted by atomic mass is 10.1. The second-order valence-corrected chi connectivity index (χ2v) is 7.06. The lowest BCUT2D eigenvalue weighted by Gasteiger charge is -2.35. The highest BCUT2D eigenvalue weighted by molar-refractivity contribution is 5.85.